The van der Waals surface area contributed by atoms with Crippen LogP contribution in [0.15, 0.2) is 66.4 Å². The van der Waals surface area contributed by atoms with E-state index in [1.54, 1.807) is 0 Å². The van der Waals surface area contributed by atoms with Crippen molar-refractivity contribution in [2.75, 3.05) is 0 Å². The van der Waals surface area contributed by atoms with Gasteiger partial charge in [-0.2, -0.15) is 0 Å². The van der Waals surface area contributed by atoms with Crippen LogP contribution in [-0.2, 0) is 6.42 Å². The normalized spacial score (nSPS) is 16.6. The fourth-order valence-corrected chi connectivity index (χ4v) is 4.36. The Bertz CT molecular complexity index is 1100. The summed E-state index contributed by atoms with van der Waals surface area (Å²) in [6.07, 6.45) is 13.2. The average Bonchev–Trinajstić information content (AvgIpc) is 2.67. The van der Waals surface area contributed by atoms with Crippen LogP contribution in [-0.4, -0.2) is 0 Å². The highest BCUT2D eigenvalue weighted by Gasteiger charge is 2.18. The van der Waals surface area contributed by atoms with Gasteiger partial charge in [-0.25, -0.2) is 0 Å². The Balaban J connectivity index is 1.98. The van der Waals surface area contributed by atoms with Crippen LogP contribution in [0.5, 0.6) is 0 Å². The lowest BCUT2D eigenvalue weighted by atomic mass is 9.83. The Hall–Kier alpha value is -2.80. The quantitative estimate of drug-likeness (QED) is 0.548. The largest absolute Gasteiger partial charge is 0.398 e. The summed E-state index contributed by atoms with van der Waals surface area (Å²) in [6.45, 7) is 0. The maximum atomic E-state index is 6.40. The van der Waals surface area contributed by atoms with Gasteiger partial charge in [0.15, 0.2) is 0 Å². The molecule has 0 saturated carbocycles. The van der Waals surface area contributed by atoms with E-state index in [2.05, 4.69) is 66.8 Å². The van der Waals surface area contributed by atoms with Crippen molar-refractivity contribution < 1.29 is 0 Å². The highest BCUT2D eigenvalue weighted by Crippen LogP contribution is 2.40. The third-order valence-electron chi connectivity index (χ3n) is 5.56. The lowest BCUT2D eigenvalue weighted by Crippen LogP contribution is -2.05. The Morgan fingerprint density at radius 2 is 1.64 bits per heavy atom. The number of aryl methyl sites for hydroxylation is 1. The molecule has 3 aromatic carbocycles. The second kappa shape index (κ2) is 5.63. The highest BCUT2D eigenvalue weighted by atomic mass is 14.6. The van der Waals surface area contributed by atoms with E-state index in [0.29, 0.717) is 0 Å². The lowest BCUT2D eigenvalue weighted by Gasteiger charge is -2.22. The molecule has 0 fully saturated rings. The van der Waals surface area contributed by atoms with Crippen LogP contribution in [0, 0.1) is 0 Å². The first-order valence-corrected chi connectivity index (χ1v) is 9.12. The van der Waals surface area contributed by atoms with Crippen molar-refractivity contribution in [1.82, 2.24) is 0 Å². The second-order valence-corrected chi connectivity index (χ2v) is 7.02. The summed E-state index contributed by atoms with van der Waals surface area (Å²) >= 11 is 0. The summed E-state index contributed by atoms with van der Waals surface area (Å²) in [6, 6.07) is 15.7. The van der Waals surface area contributed by atoms with E-state index < -0.39 is 0 Å². The summed E-state index contributed by atoms with van der Waals surface area (Å²) in [4.78, 5) is 0. The van der Waals surface area contributed by atoms with Crippen molar-refractivity contribution in [3.05, 3.63) is 83.1 Å². The van der Waals surface area contributed by atoms with Crippen LogP contribution in [0.3, 0.4) is 0 Å². The summed E-state index contributed by atoms with van der Waals surface area (Å²) in [5.74, 6) is 0. The van der Waals surface area contributed by atoms with Gasteiger partial charge in [0.25, 0.3) is 0 Å². The highest BCUT2D eigenvalue weighted by molar-refractivity contribution is 6.14. The molecule has 0 radical (unpaired) electrons. The Labute approximate surface area is 148 Å². The van der Waals surface area contributed by atoms with Crippen LogP contribution in [0.2, 0.25) is 0 Å². The molecule has 2 aliphatic rings. The molecule has 2 aliphatic carbocycles. The zero-order chi connectivity index (χ0) is 16.8. The molecular weight excluding hydrogens is 302 g/mol. The van der Waals surface area contributed by atoms with Crippen molar-refractivity contribution in [3.63, 3.8) is 0 Å². The first-order chi connectivity index (χ1) is 12.3. The predicted octanol–water partition coefficient (Wildman–Crippen LogP) is 5.97. The van der Waals surface area contributed by atoms with E-state index in [4.69, 9.17) is 5.73 Å². The van der Waals surface area contributed by atoms with Gasteiger partial charge < -0.3 is 5.73 Å². The number of benzene rings is 3. The summed E-state index contributed by atoms with van der Waals surface area (Å²) in [5, 5.41) is 5.40. The van der Waals surface area contributed by atoms with Crippen LogP contribution < -0.4 is 5.73 Å². The molecule has 0 aromatic heterocycles. The van der Waals surface area contributed by atoms with Gasteiger partial charge in [-0.3, -0.25) is 0 Å². The predicted molar refractivity (Wildman–Crippen MR) is 108 cm³/mol. The van der Waals surface area contributed by atoms with Gasteiger partial charge >= 0.3 is 0 Å². The molecule has 3 aromatic rings. The van der Waals surface area contributed by atoms with Crippen LogP contribution in [0.4, 0.5) is 0 Å². The summed E-state index contributed by atoms with van der Waals surface area (Å²) in [7, 11) is 0. The summed E-state index contributed by atoms with van der Waals surface area (Å²) in [5.41, 5.74) is 12.8. The topological polar surface area (TPSA) is 26.0 Å². The molecule has 0 atom stereocenters. The zero-order valence-electron chi connectivity index (χ0n) is 14.3. The third-order valence-corrected chi connectivity index (χ3v) is 5.56. The van der Waals surface area contributed by atoms with Gasteiger partial charge in [0, 0.05) is 5.70 Å². The van der Waals surface area contributed by atoms with Crippen molar-refractivity contribution in [1.29, 1.82) is 0 Å². The molecule has 122 valence electrons. The molecule has 0 aliphatic heterocycles. The molecule has 0 unspecified atom stereocenters. The van der Waals surface area contributed by atoms with Gasteiger partial charge in [0.1, 0.15) is 0 Å². The van der Waals surface area contributed by atoms with Crippen LogP contribution >= 0.6 is 0 Å². The van der Waals surface area contributed by atoms with E-state index in [-0.39, 0.29) is 0 Å². The molecule has 0 amide bonds. The van der Waals surface area contributed by atoms with Gasteiger partial charge in [0.05, 0.1) is 0 Å². The first-order valence-electron chi connectivity index (χ1n) is 9.12. The van der Waals surface area contributed by atoms with E-state index in [1.165, 1.54) is 43.8 Å². The monoisotopic (exact) mass is 323 g/mol. The minimum atomic E-state index is 0.917. The smallest absolute Gasteiger partial charge is 0.0349 e. The average molecular weight is 323 g/mol. The first kappa shape index (κ1) is 14.5. The Morgan fingerprint density at radius 3 is 2.56 bits per heavy atom. The van der Waals surface area contributed by atoms with Gasteiger partial charge in [-0.15, -0.1) is 0 Å². The standard InChI is InChI=1S/C24H21N/c25-23-12-6-5-11-20(23)22-15-17-8-2-3-9-18(17)21-14-13-16-7-1-4-10-19(16)24(21)22/h1-2,4,6-8,10,12-15H,3,5,9,11,25H2. The molecule has 1 heteroatoms. The number of allylic oxidation sites excluding steroid dienone is 4. The van der Waals surface area contributed by atoms with E-state index in [1.807, 2.05) is 0 Å². The number of nitrogens with two attached hydrogens (primary N) is 1. The fourth-order valence-electron chi connectivity index (χ4n) is 4.36. The number of hydrogen-bond donors (Lipinski definition) is 1. The number of rotatable bonds is 1. The van der Waals surface area contributed by atoms with Crippen molar-refractivity contribution >= 4 is 33.2 Å². The molecule has 0 bridgehead atoms. The molecule has 0 saturated heterocycles. The number of hydrogen-bond acceptors (Lipinski definition) is 1. The fraction of sp³-hybridized carbons (Fsp3) is 0.167. The molecule has 0 heterocycles. The molecule has 0 spiro atoms. The minimum Gasteiger partial charge on any atom is -0.398 e. The van der Waals surface area contributed by atoms with E-state index in [9.17, 15) is 0 Å². The lowest BCUT2D eigenvalue weighted by molar-refractivity contribution is 0.995. The maximum absolute atomic E-state index is 6.40. The minimum absolute atomic E-state index is 0.917. The molecule has 5 rings (SSSR count). The van der Waals surface area contributed by atoms with Gasteiger partial charge in [-0.05, 0) is 81.6 Å². The summed E-state index contributed by atoms with van der Waals surface area (Å²) < 4.78 is 0. The van der Waals surface area contributed by atoms with Gasteiger partial charge in [0.2, 0.25) is 0 Å². The molecule has 2 N–H and O–H groups in total. The Morgan fingerprint density at radius 1 is 0.800 bits per heavy atom. The molecule has 1 nitrogen and oxygen atoms in total. The van der Waals surface area contributed by atoms with Crippen molar-refractivity contribution in [2.45, 2.75) is 25.7 Å². The third kappa shape index (κ3) is 2.23. The van der Waals surface area contributed by atoms with Gasteiger partial charge in [-0.1, -0.05) is 54.6 Å². The van der Waals surface area contributed by atoms with E-state index in [0.717, 1.165) is 31.4 Å². The number of fused-ring (bicyclic) bond motifs is 5. The van der Waals surface area contributed by atoms with Crippen LogP contribution in [0.1, 0.15) is 36.0 Å². The van der Waals surface area contributed by atoms with Crippen molar-refractivity contribution in [3.8, 4) is 0 Å². The van der Waals surface area contributed by atoms with Crippen LogP contribution in [0.25, 0.3) is 33.2 Å². The molecule has 25 heavy (non-hydrogen) atoms. The second-order valence-electron chi connectivity index (χ2n) is 7.02. The maximum Gasteiger partial charge on any atom is 0.0349 e. The Kier molecular flexibility index (Phi) is 3.27. The van der Waals surface area contributed by atoms with E-state index >= 15 is 0 Å². The SMILES string of the molecule is NC1=C(c2cc3c(c4ccc5ccccc5c24)CCC=C3)CCC=C1. The zero-order valence-corrected chi connectivity index (χ0v) is 14.3. The van der Waals surface area contributed by atoms with Crippen molar-refractivity contribution in [2.24, 2.45) is 5.73 Å². The molecular formula is C24H21N.